The minimum absolute atomic E-state index is 0.519. The van der Waals surface area contributed by atoms with E-state index in [9.17, 15) is 0 Å². The van der Waals surface area contributed by atoms with Gasteiger partial charge in [-0.3, -0.25) is 0 Å². The third kappa shape index (κ3) is 3.13. The highest BCUT2D eigenvalue weighted by molar-refractivity contribution is 9.10. The van der Waals surface area contributed by atoms with Crippen LogP contribution >= 0.6 is 27.5 Å². The normalized spacial score (nSPS) is 10.5. The maximum absolute atomic E-state index is 6.07. The van der Waals surface area contributed by atoms with Gasteiger partial charge in [-0.2, -0.15) is 0 Å². The fraction of sp³-hybridized carbons (Fsp3) is 0.250. The average Bonchev–Trinajstić information content (AvgIpc) is 2.42. The van der Waals surface area contributed by atoms with Gasteiger partial charge in [0.2, 0.25) is 0 Å². The van der Waals surface area contributed by atoms with E-state index in [1.807, 2.05) is 6.07 Å². The van der Waals surface area contributed by atoms with Gasteiger partial charge in [-0.05, 0) is 43.2 Å². The van der Waals surface area contributed by atoms with Gasteiger partial charge in [0.05, 0.1) is 0 Å². The van der Waals surface area contributed by atoms with Gasteiger partial charge in [0.15, 0.2) is 0 Å². The Labute approximate surface area is 128 Å². The smallest absolute Gasteiger partial charge is 0.0494 e. The summed E-state index contributed by atoms with van der Waals surface area (Å²) in [5, 5.41) is 0. The number of benzene rings is 2. The Kier molecular flexibility index (Phi) is 4.89. The first-order valence-corrected chi connectivity index (χ1v) is 7.67. The van der Waals surface area contributed by atoms with Crippen LogP contribution < -0.4 is 4.90 Å². The molecule has 0 unspecified atom stereocenters. The molecule has 0 aliphatic rings. The Morgan fingerprint density at radius 3 is 2.47 bits per heavy atom. The maximum atomic E-state index is 6.07. The molecule has 0 aromatic heterocycles. The highest BCUT2D eigenvalue weighted by Gasteiger charge is 2.13. The summed E-state index contributed by atoms with van der Waals surface area (Å²) in [4.78, 5) is 2.30. The molecule has 0 N–H and O–H groups in total. The Hall–Kier alpha value is -0.990. The van der Waals surface area contributed by atoms with Gasteiger partial charge in [0.1, 0.15) is 0 Å². The third-order valence-electron chi connectivity index (χ3n) is 3.20. The van der Waals surface area contributed by atoms with E-state index in [4.69, 9.17) is 11.6 Å². The molecule has 0 bridgehead atoms. The summed E-state index contributed by atoms with van der Waals surface area (Å²) in [6.45, 7) is 5.20. The van der Waals surface area contributed by atoms with Crippen molar-refractivity contribution in [1.29, 1.82) is 0 Å². The van der Waals surface area contributed by atoms with Crippen molar-refractivity contribution in [3.63, 3.8) is 0 Å². The Bertz CT molecular complexity index is 568. The first kappa shape index (κ1) is 14.4. The number of aryl methyl sites for hydroxylation is 1. The summed E-state index contributed by atoms with van der Waals surface area (Å²) in [6, 6.07) is 14.7. The van der Waals surface area contributed by atoms with Crippen molar-refractivity contribution >= 4 is 38.9 Å². The molecule has 0 saturated carbocycles. The minimum Gasteiger partial charge on any atom is -0.341 e. The molecule has 0 atom stereocenters. The van der Waals surface area contributed by atoms with E-state index >= 15 is 0 Å². The molecule has 1 nitrogen and oxygen atoms in total. The van der Waals surface area contributed by atoms with Crippen LogP contribution in [-0.2, 0) is 5.88 Å². The Morgan fingerprint density at radius 2 is 1.84 bits per heavy atom. The number of rotatable bonds is 4. The molecular formula is C16H17BrClN. The van der Waals surface area contributed by atoms with Crippen molar-refractivity contribution in [2.45, 2.75) is 19.7 Å². The number of hydrogen-bond donors (Lipinski definition) is 0. The molecule has 0 radical (unpaired) electrons. The Morgan fingerprint density at radius 1 is 1.11 bits per heavy atom. The molecule has 0 aliphatic carbocycles. The van der Waals surface area contributed by atoms with Crippen LogP contribution in [0.15, 0.2) is 46.9 Å². The highest BCUT2D eigenvalue weighted by Crippen LogP contribution is 2.33. The van der Waals surface area contributed by atoms with Crippen LogP contribution in [0.3, 0.4) is 0 Å². The van der Waals surface area contributed by atoms with Crippen LogP contribution in [0.4, 0.5) is 11.4 Å². The molecule has 100 valence electrons. The number of halogens is 2. The lowest BCUT2D eigenvalue weighted by Crippen LogP contribution is -2.18. The Balaban J connectivity index is 2.54. The lowest BCUT2D eigenvalue weighted by molar-refractivity contribution is 1.00. The largest absolute Gasteiger partial charge is 0.341 e. The van der Waals surface area contributed by atoms with Gasteiger partial charge < -0.3 is 4.90 Å². The summed E-state index contributed by atoms with van der Waals surface area (Å²) in [5.74, 6) is 0.519. The zero-order valence-corrected chi connectivity index (χ0v) is 13.5. The van der Waals surface area contributed by atoms with E-state index in [0.717, 1.165) is 16.6 Å². The molecule has 2 aromatic carbocycles. The molecule has 0 aliphatic heterocycles. The van der Waals surface area contributed by atoms with E-state index < -0.39 is 0 Å². The van der Waals surface area contributed by atoms with Crippen LogP contribution in [0.1, 0.15) is 18.1 Å². The van der Waals surface area contributed by atoms with Crippen molar-refractivity contribution in [1.82, 2.24) is 0 Å². The lowest BCUT2D eigenvalue weighted by Gasteiger charge is -2.27. The second-order valence-electron chi connectivity index (χ2n) is 4.44. The number of para-hydroxylation sites is 1. The van der Waals surface area contributed by atoms with E-state index in [1.54, 1.807) is 0 Å². The quantitative estimate of drug-likeness (QED) is 0.651. The topological polar surface area (TPSA) is 3.24 Å². The van der Waals surface area contributed by atoms with E-state index in [-0.39, 0.29) is 0 Å². The zero-order chi connectivity index (χ0) is 13.8. The summed E-state index contributed by atoms with van der Waals surface area (Å²) < 4.78 is 1.07. The standard InChI is InChI=1S/C16H17BrClN/c1-3-19(15-7-5-4-6-12(15)2)16-10-14(17)9-8-13(16)11-18/h4-10H,3,11H2,1-2H3. The van der Waals surface area contributed by atoms with Crippen LogP contribution in [0.5, 0.6) is 0 Å². The van der Waals surface area contributed by atoms with Crippen molar-refractivity contribution < 1.29 is 0 Å². The van der Waals surface area contributed by atoms with Gasteiger partial charge in [-0.25, -0.2) is 0 Å². The number of anilines is 2. The van der Waals surface area contributed by atoms with Crippen LogP contribution in [0, 0.1) is 6.92 Å². The molecule has 0 spiro atoms. The molecule has 3 heteroatoms. The van der Waals surface area contributed by atoms with Crippen molar-refractivity contribution in [2.75, 3.05) is 11.4 Å². The predicted molar refractivity (Wildman–Crippen MR) is 87.6 cm³/mol. The van der Waals surface area contributed by atoms with Gasteiger partial charge >= 0.3 is 0 Å². The zero-order valence-electron chi connectivity index (χ0n) is 11.2. The maximum Gasteiger partial charge on any atom is 0.0494 e. The second kappa shape index (κ2) is 6.44. The first-order chi connectivity index (χ1) is 9.17. The van der Waals surface area contributed by atoms with Crippen LogP contribution in [-0.4, -0.2) is 6.54 Å². The van der Waals surface area contributed by atoms with E-state index in [2.05, 4.69) is 71.1 Å². The summed E-state index contributed by atoms with van der Waals surface area (Å²) >= 11 is 9.62. The molecule has 0 heterocycles. The number of hydrogen-bond acceptors (Lipinski definition) is 1. The van der Waals surface area contributed by atoms with Crippen molar-refractivity contribution in [3.05, 3.63) is 58.1 Å². The van der Waals surface area contributed by atoms with E-state index in [1.165, 1.54) is 16.9 Å². The van der Waals surface area contributed by atoms with Crippen molar-refractivity contribution in [2.24, 2.45) is 0 Å². The molecule has 2 rings (SSSR count). The molecule has 2 aromatic rings. The second-order valence-corrected chi connectivity index (χ2v) is 5.62. The van der Waals surface area contributed by atoms with Gasteiger partial charge in [-0.1, -0.05) is 40.2 Å². The lowest BCUT2D eigenvalue weighted by atomic mass is 10.1. The molecule has 0 amide bonds. The first-order valence-electron chi connectivity index (χ1n) is 6.35. The minimum atomic E-state index is 0.519. The monoisotopic (exact) mass is 337 g/mol. The number of nitrogens with zero attached hydrogens (tertiary/aromatic N) is 1. The third-order valence-corrected chi connectivity index (χ3v) is 3.99. The fourth-order valence-corrected chi connectivity index (χ4v) is 2.81. The van der Waals surface area contributed by atoms with Crippen molar-refractivity contribution in [3.8, 4) is 0 Å². The highest BCUT2D eigenvalue weighted by atomic mass is 79.9. The average molecular weight is 339 g/mol. The fourth-order valence-electron chi connectivity index (χ4n) is 2.24. The molecule has 0 fully saturated rings. The van der Waals surface area contributed by atoms with Gasteiger partial charge in [0.25, 0.3) is 0 Å². The molecular weight excluding hydrogens is 322 g/mol. The van der Waals surface area contributed by atoms with E-state index in [0.29, 0.717) is 5.88 Å². The number of alkyl halides is 1. The van der Waals surface area contributed by atoms with Crippen LogP contribution in [0.25, 0.3) is 0 Å². The van der Waals surface area contributed by atoms with Gasteiger partial charge in [-0.15, -0.1) is 11.6 Å². The SMILES string of the molecule is CCN(c1ccccc1C)c1cc(Br)ccc1CCl. The van der Waals surface area contributed by atoms with Gasteiger partial charge in [0, 0.05) is 28.3 Å². The van der Waals surface area contributed by atoms with Crippen LogP contribution in [0.2, 0.25) is 0 Å². The summed E-state index contributed by atoms with van der Waals surface area (Å²) in [5.41, 5.74) is 4.82. The molecule has 19 heavy (non-hydrogen) atoms. The summed E-state index contributed by atoms with van der Waals surface area (Å²) in [6.07, 6.45) is 0. The predicted octanol–water partition coefficient (Wildman–Crippen LogP) is 5.65. The molecule has 0 saturated heterocycles. The summed E-state index contributed by atoms with van der Waals surface area (Å²) in [7, 11) is 0.